The molecule has 140 valence electrons. The molecule has 0 saturated heterocycles. The number of rotatable bonds is 3. The van der Waals surface area contributed by atoms with Crippen molar-refractivity contribution in [2.24, 2.45) is 0 Å². The predicted octanol–water partition coefficient (Wildman–Crippen LogP) is 2.70. The average Bonchev–Trinajstić information content (AvgIpc) is 2.97. The second-order valence-corrected chi connectivity index (χ2v) is 7.93. The van der Waals surface area contributed by atoms with Crippen LogP contribution < -0.4 is 33.4 Å². The van der Waals surface area contributed by atoms with Crippen LogP contribution in [0.2, 0.25) is 0 Å². The lowest BCUT2D eigenvalue weighted by molar-refractivity contribution is -0.669. The van der Waals surface area contributed by atoms with Gasteiger partial charge in [-0.1, -0.05) is 29.5 Å². The molecule has 0 bridgehead atoms. The third-order valence-corrected chi connectivity index (χ3v) is 6.12. The number of nitrogens with zero attached hydrogens (tertiary/aromatic N) is 2. The van der Waals surface area contributed by atoms with Crippen molar-refractivity contribution in [2.75, 3.05) is 11.4 Å². The van der Waals surface area contributed by atoms with E-state index in [1.165, 1.54) is 43.3 Å². The van der Waals surface area contributed by atoms with Crippen LogP contribution in [0.15, 0.2) is 58.5 Å². The summed E-state index contributed by atoms with van der Waals surface area (Å²) in [5.74, 6) is 0. The number of halogens is 1. The summed E-state index contributed by atoms with van der Waals surface area (Å²) in [6.45, 7) is 10.7. The van der Waals surface area contributed by atoms with Gasteiger partial charge in [-0.3, -0.25) is 0 Å². The van der Waals surface area contributed by atoms with Gasteiger partial charge in [0.25, 0.3) is 0 Å². The van der Waals surface area contributed by atoms with Crippen molar-refractivity contribution in [3.8, 4) is 0 Å². The summed E-state index contributed by atoms with van der Waals surface area (Å²) in [6, 6.07) is 17.9. The highest BCUT2D eigenvalue weighted by molar-refractivity contribution is 8.03. The zero-order chi connectivity index (χ0) is 18.3. The lowest BCUT2D eigenvalue weighted by Crippen LogP contribution is -3.00. The normalized spacial score (nSPS) is 14.5. The minimum atomic E-state index is 0. The van der Waals surface area contributed by atoms with E-state index in [2.05, 4.69) is 91.8 Å². The van der Waals surface area contributed by atoms with Crippen LogP contribution >= 0.6 is 11.8 Å². The molecule has 0 fully saturated rings. The van der Waals surface area contributed by atoms with Crippen LogP contribution in [-0.4, -0.2) is 6.54 Å². The topological polar surface area (TPSA) is 7.12 Å². The van der Waals surface area contributed by atoms with Crippen molar-refractivity contribution in [1.82, 2.24) is 0 Å². The largest absolute Gasteiger partial charge is 1.00 e. The van der Waals surface area contributed by atoms with E-state index in [4.69, 9.17) is 0 Å². The Morgan fingerprint density at radius 1 is 0.963 bits per heavy atom. The van der Waals surface area contributed by atoms with Crippen molar-refractivity contribution < 1.29 is 28.5 Å². The summed E-state index contributed by atoms with van der Waals surface area (Å²) in [5.41, 5.74) is 6.51. The Morgan fingerprint density at radius 3 is 2.44 bits per heavy atom. The first kappa shape index (κ1) is 20.2. The van der Waals surface area contributed by atoms with Gasteiger partial charge in [0.2, 0.25) is 11.2 Å². The van der Waals surface area contributed by atoms with Gasteiger partial charge in [-0.15, -0.1) is 0 Å². The molecular weight excluding hydrogens is 463 g/mol. The highest BCUT2D eigenvalue weighted by Crippen LogP contribution is 2.46. The fourth-order valence-electron chi connectivity index (χ4n) is 3.71. The van der Waals surface area contributed by atoms with Crippen LogP contribution in [0.25, 0.3) is 17.0 Å². The molecule has 1 aromatic heterocycles. The standard InChI is InChI=1S/C23H25N2S.HI/c1-5-24-19(10-9-18-13-16(3)7-11-20(18)24)15-23-25(6-2)21-14-17(4)8-12-22(21)26-23;/h7-15H,5-6H2,1-4H3;1H/q+1;/p-1. The van der Waals surface area contributed by atoms with Crippen LogP contribution in [-0.2, 0) is 6.54 Å². The van der Waals surface area contributed by atoms with Crippen molar-refractivity contribution >= 4 is 34.4 Å². The molecule has 0 unspecified atom stereocenters. The first-order valence-electron chi connectivity index (χ1n) is 9.31. The number of aryl methyl sites for hydroxylation is 3. The summed E-state index contributed by atoms with van der Waals surface area (Å²) in [5, 5.41) is 2.61. The van der Waals surface area contributed by atoms with Gasteiger partial charge >= 0.3 is 0 Å². The Balaban J connectivity index is 0.00000210. The van der Waals surface area contributed by atoms with E-state index in [1.54, 1.807) is 0 Å². The van der Waals surface area contributed by atoms with Gasteiger partial charge in [-0.2, -0.15) is 4.57 Å². The quantitative estimate of drug-likeness (QED) is 0.414. The predicted molar refractivity (Wildman–Crippen MR) is 113 cm³/mol. The summed E-state index contributed by atoms with van der Waals surface area (Å²) < 4.78 is 2.41. The Morgan fingerprint density at radius 2 is 1.70 bits per heavy atom. The monoisotopic (exact) mass is 488 g/mol. The Bertz CT molecular complexity index is 1030. The van der Waals surface area contributed by atoms with Crippen LogP contribution in [0.5, 0.6) is 0 Å². The van der Waals surface area contributed by atoms with Crippen LogP contribution in [0.3, 0.4) is 0 Å². The fourth-order valence-corrected chi connectivity index (χ4v) is 4.86. The smallest absolute Gasteiger partial charge is 0.212 e. The average molecular weight is 488 g/mol. The van der Waals surface area contributed by atoms with Crippen LogP contribution in [0.1, 0.15) is 30.7 Å². The molecule has 0 aliphatic carbocycles. The molecule has 0 amide bonds. The molecule has 4 rings (SSSR count). The lowest BCUT2D eigenvalue weighted by Gasteiger charge is -2.18. The summed E-state index contributed by atoms with van der Waals surface area (Å²) in [4.78, 5) is 3.77. The number of benzene rings is 2. The summed E-state index contributed by atoms with van der Waals surface area (Å²) in [6.07, 6.45) is 2.34. The molecule has 0 N–H and O–H groups in total. The van der Waals surface area contributed by atoms with E-state index in [0.717, 1.165) is 13.1 Å². The second kappa shape index (κ2) is 8.23. The summed E-state index contributed by atoms with van der Waals surface area (Å²) >= 11 is 1.87. The number of aromatic nitrogens is 1. The highest BCUT2D eigenvalue weighted by Gasteiger charge is 2.25. The van der Waals surface area contributed by atoms with Gasteiger partial charge in [-0.25, -0.2) is 0 Å². The van der Waals surface area contributed by atoms with Gasteiger partial charge < -0.3 is 28.9 Å². The zero-order valence-corrected chi connectivity index (χ0v) is 19.3. The second-order valence-electron chi connectivity index (χ2n) is 6.86. The molecule has 2 nitrogen and oxygen atoms in total. The maximum Gasteiger partial charge on any atom is 0.212 e. The minimum Gasteiger partial charge on any atom is -1.00 e. The van der Waals surface area contributed by atoms with Gasteiger partial charge in [0.15, 0.2) is 0 Å². The Hall–Kier alpha value is -1.53. The van der Waals surface area contributed by atoms with E-state index in [-0.39, 0.29) is 24.0 Å². The molecule has 4 heteroatoms. The molecule has 2 aromatic carbocycles. The third-order valence-electron chi connectivity index (χ3n) is 5.01. The Labute approximate surface area is 183 Å². The van der Waals surface area contributed by atoms with Gasteiger partial charge in [0, 0.05) is 35.0 Å². The Kier molecular flexibility index (Phi) is 6.16. The molecule has 27 heavy (non-hydrogen) atoms. The maximum atomic E-state index is 2.42. The maximum absolute atomic E-state index is 2.42. The van der Waals surface area contributed by atoms with E-state index < -0.39 is 0 Å². The molecule has 2 heterocycles. The minimum absolute atomic E-state index is 0. The first-order chi connectivity index (χ1) is 12.6. The number of pyridine rings is 1. The molecule has 1 aliphatic heterocycles. The van der Waals surface area contributed by atoms with E-state index >= 15 is 0 Å². The molecular formula is C23H25IN2S. The molecule has 1 aliphatic rings. The lowest BCUT2D eigenvalue weighted by atomic mass is 10.1. The van der Waals surface area contributed by atoms with Crippen molar-refractivity contribution in [2.45, 2.75) is 39.1 Å². The molecule has 0 atom stereocenters. The number of thioether (sulfide) groups is 1. The van der Waals surface area contributed by atoms with E-state index in [0.29, 0.717) is 0 Å². The van der Waals surface area contributed by atoms with Crippen LogP contribution in [0.4, 0.5) is 5.69 Å². The number of hydrogen-bond donors (Lipinski definition) is 0. The van der Waals surface area contributed by atoms with Gasteiger partial charge in [0.05, 0.1) is 10.7 Å². The van der Waals surface area contributed by atoms with Crippen LogP contribution in [0, 0.1) is 13.8 Å². The zero-order valence-electron chi connectivity index (χ0n) is 16.3. The van der Waals surface area contributed by atoms with Crippen molar-refractivity contribution in [1.29, 1.82) is 0 Å². The first-order valence-corrected chi connectivity index (χ1v) is 10.1. The number of hydrogen-bond acceptors (Lipinski definition) is 2. The van der Waals surface area contributed by atoms with Gasteiger partial charge in [-0.05, 0) is 57.5 Å². The van der Waals surface area contributed by atoms with Crippen molar-refractivity contribution in [3.05, 3.63) is 70.4 Å². The fraction of sp³-hybridized carbons (Fsp3) is 0.261. The third kappa shape index (κ3) is 3.74. The number of fused-ring (bicyclic) bond motifs is 2. The highest BCUT2D eigenvalue weighted by atomic mass is 127. The van der Waals surface area contributed by atoms with E-state index in [1.807, 2.05) is 11.8 Å². The number of anilines is 1. The van der Waals surface area contributed by atoms with Crippen molar-refractivity contribution in [3.63, 3.8) is 0 Å². The molecule has 0 saturated carbocycles. The van der Waals surface area contributed by atoms with Gasteiger partial charge in [0.1, 0.15) is 6.54 Å². The molecule has 0 spiro atoms. The molecule has 3 aromatic rings. The SMILES string of the molecule is CCN1/C(=C/c2ccc3cc(C)ccc3[n+]2CC)Sc2ccc(C)cc21.[I-]. The summed E-state index contributed by atoms with van der Waals surface area (Å²) in [7, 11) is 0. The molecule has 0 radical (unpaired) electrons. The van der Waals surface area contributed by atoms with E-state index in [9.17, 15) is 0 Å².